The van der Waals surface area contributed by atoms with Gasteiger partial charge in [0.1, 0.15) is 11.5 Å². The summed E-state index contributed by atoms with van der Waals surface area (Å²) in [4.78, 5) is 17.1. The summed E-state index contributed by atoms with van der Waals surface area (Å²) < 4.78 is 10.9. The van der Waals surface area contributed by atoms with Crippen LogP contribution in [-0.2, 0) is 0 Å². The van der Waals surface area contributed by atoms with Crippen LogP contribution < -0.4 is 9.47 Å². The van der Waals surface area contributed by atoms with Gasteiger partial charge in [-0.05, 0) is 72.5 Å². The van der Waals surface area contributed by atoms with Gasteiger partial charge in [0, 0.05) is 6.21 Å². The number of carbonyl (C=O) groups excluding carboxylic acids is 1. The number of carbonyl (C=O) groups is 1. The normalized spacial score (nSPS) is 11.8. The minimum Gasteiger partial charge on any atom is -0.494 e. The number of esters is 1. The summed E-state index contributed by atoms with van der Waals surface area (Å²) in [6.07, 6.45) is 1.91. The lowest BCUT2D eigenvalue weighted by atomic mass is 10.0. The van der Waals surface area contributed by atoms with Crippen molar-refractivity contribution in [3.63, 3.8) is 0 Å². The van der Waals surface area contributed by atoms with Crippen LogP contribution in [-0.4, -0.2) is 18.8 Å². The lowest BCUT2D eigenvalue weighted by molar-refractivity contribution is 0.0734. The van der Waals surface area contributed by atoms with Gasteiger partial charge in [0.15, 0.2) is 0 Å². The van der Waals surface area contributed by atoms with Crippen molar-refractivity contribution in [3.8, 4) is 22.6 Å². The van der Waals surface area contributed by atoms with Crippen molar-refractivity contribution in [2.45, 2.75) is 19.9 Å². The van der Waals surface area contributed by atoms with Gasteiger partial charge in [0.2, 0.25) is 0 Å². The predicted molar refractivity (Wildman–Crippen MR) is 137 cm³/mol. The van der Waals surface area contributed by atoms with Crippen LogP contribution in [0, 0.1) is 0 Å². The van der Waals surface area contributed by atoms with Gasteiger partial charge in [-0.1, -0.05) is 66.7 Å². The van der Waals surface area contributed by atoms with E-state index < -0.39 is 5.97 Å². The van der Waals surface area contributed by atoms with Crippen molar-refractivity contribution in [3.05, 3.63) is 120 Å². The minimum absolute atomic E-state index is 0.110. The quantitative estimate of drug-likeness (QED) is 0.163. The molecular weight excluding hydrogens is 422 g/mol. The zero-order chi connectivity index (χ0) is 23.8. The van der Waals surface area contributed by atoms with Crippen molar-refractivity contribution < 1.29 is 14.3 Å². The van der Waals surface area contributed by atoms with Crippen LogP contribution in [0.1, 0.15) is 41.4 Å². The fourth-order valence-electron chi connectivity index (χ4n) is 3.51. The number of benzene rings is 4. The number of aliphatic imine (C=N–C) groups is 1. The van der Waals surface area contributed by atoms with Crippen molar-refractivity contribution >= 4 is 12.2 Å². The highest BCUT2D eigenvalue weighted by Crippen LogP contribution is 2.24. The Bertz CT molecular complexity index is 1230. The molecule has 4 nitrogen and oxygen atoms in total. The summed E-state index contributed by atoms with van der Waals surface area (Å²) in [5.74, 6) is 0.830. The van der Waals surface area contributed by atoms with E-state index in [0.717, 1.165) is 22.4 Å². The van der Waals surface area contributed by atoms with Crippen LogP contribution >= 0.6 is 0 Å². The summed E-state index contributed by atoms with van der Waals surface area (Å²) >= 11 is 0. The first-order valence-corrected chi connectivity index (χ1v) is 11.4. The molecule has 0 unspecified atom stereocenters. The van der Waals surface area contributed by atoms with Gasteiger partial charge >= 0.3 is 5.97 Å². The van der Waals surface area contributed by atoms with E-state index in [0.29, 0.717) is 17.9 Å². The lowest BCUT2D eigenvalue weighted by Gasteiger charge is -2.08. The number of nitrogens with zero attached hydrogens (tertiary/aromatic N) is 1. The van der Waals surface area contributed by atoms with Gasteiger partial charge < -0.3 is 9.47 Å². The van der Waals surface area contributed by atoms with E-state index >= 15 is 0 Å². The van der Waals surface area contributed by atoms with E-state index in [4.69, 9.17) is 9.47 Å². The van der Waals surface area contributed by atoms with Crippen molar-refractivity contribution in [1.29, 1.82) is 0 Å². The third-order valence-electron chi connectivity index (χ3n) is 5.44. The highest BCUT2D eigenvalue weighted by molar-refractivity contribution is 5.91. The topological polar surface area (TPSA) is 47.9 Å². The molecule has 0 fully saturated rings. The van der Waals surface area contributed by atoms with Gasteiger partial charge in [-0.2, -0.15) is 0 Å². The Labute approximate surface area is 200 Å². The van der Waals surface area contributed by atoms with Crippen LogP contribution in [0.3, 0.4) is 0 Å². The molecule has 0 amide bonds. The first-order valence-electron chi connectivity index (χ1n) is 11.4. The van der Waals surface area contributed by atoms with Crippen LogP contribution in [0.4, 0.5) is 0 Å². The lowest BCUT2D eigenvalue weighted by Crippen LogP contribution is -2.08. The van der Waals surface area contributed by atoms with E-state index in [1.165, 1.54) is 5.56 Å². The van der Waals surface area contributed by atoms with Crippen LogP contribution in [0.5, 0.6) is 11.5 Å². The molecule has 0 N–H and O–H groups in total. The van der Waals surface area contributed by atoms with Crippen molar-refractivity contribution in [2.75, 3.05) is 6.61 Å². The maximum absolute atomic E-state index is 12.4. The van der Waals surface area contributed by atoms with Gasteiger partial charge in [-0.15, -0.1) is 0 Å². The number of rotatable bonds is 8. The summed E-state index contributed by atoms with van der Waals surface area (Å²) in [7, 11) is 0. The molecular formula is C30H27NO3. The average molecular weight is 450 g/mol. The molecule has 0 heterocycles. The molecule has 4 rings (SSSR count). The molecule has 0 radical (unpaired) electrons. The first kappa shape index (κ1) is 23.0. The maximum Gasteiger partial charge on any atom is 0.343 e. The molecule has 0 bridgehead atoms. The average Bonchev–Trinajstić information content (AvgIpc) is 2.89. The Morgan fingerprint density at radius 1 is 0.794 bits per heavy atom. The van der Waals surface area contributed by atoms with Crippen LogP contribution in [0.25, 0.3) is 11.1 Å². The summed E-state index contributed by atoms with van der Waals surface area (Å²) in [6.45, 7) is 4.59. The largest absolute Gasteiger partial charge is 0.494 e. The second-order valence-electron chi connectivity index (χ2n) is 7.86. The highest BCUT2D eigenvalue weighted by Gasteiger charge is 2.09. The van der Waals surface area contributed by atoms with Gasteiger partial charge in [0.05, 0.1) is 18.2 Å². The van der Waals surface area contributed by atoms with E-state index in [2.05, 4.69) is 48.3 Å². The second kappa shape index (κ2) is 11.1. The zero-order valence-corrected chi connectivity index (χ0v) is 19.3. The molecule has 0 aliphatic carbocycles. The minimum atomic E-state index is -0.399. The monoisotopic (exact) mass is 449 g/mol. The predicted octanol–water partition coefficient (Wildman–Crippen LogP) is 7.15. The SMILES string of the molecule is CCOc1ccc(C(=O)Oc2ccc(-c3ccc(C=N[C@@H](C)c4ccccc4)cc3)cc2)cc1. The van der Waals surface area contributed by atoms with E-state index in [9.17, 15) is 4.79 Å². The molecule has 0 aliphatic rings. The van der Waals surface area contributed by atoms with Crippen LogP contribution in [0.15, 0.2) is 108 Å². The summed E-state index contributed by atoms with van der Waals surface area (Å²) in [5.41, 5.74) is 4.84. The molecule has 4 aromatic rings. The Morgan fingerprint density at radius 2 is 1.38 bits per heavy atom. The molecule has 34 heavy (non-hydrogen) atoms. The summed E-state index contributed by atoms with van der Waals surface area (Å²) in [6, 6.07) is 33.0. The molecule has 0 saturated carbocycles. The number of hydrogen-bond acceptors (Lipinski definition) is 4. The fourth-order valence-corrected chi connectivity index (χ4v) is 3.51. The molecule has 0 aromatic heterocycles. The molecule has 0 aliphatic heterocycles. The summed E-state index contributed by atoms with van der Waals surface area (Å²) in [5, 5.41) is 0. The van der Waals surface area contributed by atoms with Crippen molar-refractivity contribution in [2.24, 2.45) is 4.99 Å². The van der Waals surface area contributed by atoms with Gasteiger partial charge in [-0.3, -0.25) is 4.99 Å². The standard InChI is InChI=1S/C30H27NO3/c1-3-33-28-17-15-27(16-18-28)30(32)34-29-19-13-26(14-20-29)25-11-9-23(10-12-25)21-31-22(2)24-7-5-4-6-8-24/h4-22H,3H2,1-2H3/t22-/m0/s1. The van der Waals surface area contributed by atoms with E-state index in [1.807, 2.05) is 43.5 Å². The zero-order valence-electron chi connectivity index (χ0n) is 19.3. The molecule has 1 atom stereocenters. The van der Waals surface area contributed by atoms with Crippen molar-refractivity contribution in [1.82, 2.24) is 0 Å². The number of ether oxygens (including phenoxy) is 2. The Hall–Kier alpha value is -4.18. The third-order valence-corrected chi connectivity index (χ3v) is 5.44. The maximum atomic E-state index is 12.4. The van der Waals surface area contributed by atoms with E-state index in [1.54, 1.807) is 36.4 Å². The van der Waals surface area contributed by atoms with Gasteiger partial charge in [-0.25, -0.2) is 4.79 Å². The molecule has 4 heteroatoms. The van der Waals surface area contributed by atoms with E-state index in [-0.39, 0.29) is 6.04 Å². The fraction of sp³-hybridized carbons (Fsp3) is 0.133. The highest BCUT2D eigenvalue weighted by atomic mass is 16.5. The Kier molecular flexibility index (Phi) is 7.51. The first-order chi connectivity index (χ1) is 16.6. The molecule has 170 valence electrons. The van der Waals surface area contributed by atoms with Gasteiger partial charge in [0.25, 0.3) is 0 Å². The number of hydrogen-bond donors (Lipinski definition) is 0. The Balaban J connectivity index is 1.37. The second-order valence-corrected chi connectivity index (χ2v) is 7.86. The third kappa shape index (κ3) is 5.99. The molecule has 0 saturated heterocycles. The molecule has 4 aromatic carbocycles. The van der Waals surface area contributed by atoms with Crippen LogP contribution in [0.2, 0.25) is 0 Å². The smallest absolute Gasteiger partial charge is 0.343 e. The molecule has 0 spiro atoms. The Morgan fingerprint density at radius 3 is 2.00 bits per heavy atom.